The van der Waals surface area contributed by atoms with E-state index in [1.165, 1.54) is 109 Å². The van der Waals surface area contributed by atoms with E-state index in [0.29, 0.717) is 0 Å². The van der Waals surface area contributed by atoms with Gasteiger partial charge in [-0.1, -0.05) is 177 Å². The molecule has 1 saturated carbocycles. The molecule has 1 fully saturated rings. The molecule has 0 spiro atoms. The van der Waals surface area contributed by atoms with E-state index in [4.69, 9.17) is 0 Å². The predicted octanol–water partition coefficient (Wildman–Crippen LogP) is 15.7. The lowest BCUT2D eigenvalue weighted by molar-refractivity contribution is 0.0106. The molecule has 0 N–H and O–H groups in total. The van der Waals surface area contributed by atoms with Crippen LogP contribution >= 0.6 is 0 Å². The van der Waals surface area contributed by atoms with E-state index in [-0.39, 0.29) is 44.7 Å². The van der Waals surface area contributed by atoms with Gasteiger partial charge < -0.3 is 14.7 Å². The Morgan fingerprint density at radius 2 is 0.910 bits per heavy atom. The van der Waals surface area contributed by atoms with Gasteiger partial charge in [0, 0.05) is 56.5 Å². The number of fused-ring (bicyclic) bond motifs is 6. The summed E-state index contributed by atoms with van der Waals surface area (Å²) in [5.41, 5.74) is 21.0. The molecule has 4 aliphatic rings. The Labute approximate surface area is 405 Å². The second-order valence-electron chi connectivity index (χ2n) is 25.9. The Morgan fingerprint density at radius 1 is 0.418 bits per heavy atom. The van der Waals surface area contributed by atoms with Crippen molar-refractivity contribution >= 4 is 68.6 Å². The van der Waals surface area contributed by atoms with Crippen molar-refractivity contribution in [1.82, 2.24) is 0 Å². The highest BCUT2D eigenvalue weighted by Gasteiger charge is 2.62. The number of para-hydroxylation sites is 1. The van der Waals surface area contributed by atoms with Gasteiger partial charge in [0.05, 0.1) is 0 Å². The molecule has 2 atom stereocenters. The van der Waals surface area contributed by atoms with Crippen LogP contribution in [0.25, 0.3) is 0 Å². The zero-order valence-corrected chi connectivity index (χ0v) is 43.8. The van der Waals surface area contributed by atoms with Gasteiger partial charge in [0.15, 0.2) is 0 Å². The summed E-state index contributed by atoms with van der Waals surface area (Å²) in [6, 6.07) is 48.4. The van der Waals surface area contributed by atoms with E-state index in [1.54, 1.807) is 0 Å². The maximum Gasteiger partial charge on any atom is 0.252 e. The van der Waals surface area contributed by atoms with Gasteiger partial charge in [0.25, 0.3) is 6.71 Å². The van der Waals surface area contributed by atoms with E-state index in [2.05, 4.69) is 247 Å². The van der Waals surface area contributed by atoms with Gasteiger partial charge in [-0.15, -0.1) is 0 Å². The number of benzene rings is 6. The summed E-state index contributed by atoms with van der Waals surface area (Å²) in [7, 11) is 0. The van der Waals surface area contributed by atoms with Crippen LogP contribution in [-0.2, 0) is 27.1 Å². The van der Waals surface area contributed by atoms with Gasteiger partial charge in [-0.2, -0.15) is 0 Å². The summed E-state index contributed by atoms with van der Waals surface area (Å²) >= 11 is 0. The van der Waals surface area contributed by atoms with Crippen molar-refractivity contribution in [1.29, 1.82) is 0 Å². The largest absolute Gasteiger partial charge is 0.335 e. The van der Waals surface area contributed by atoms with Crippen molar-refractivity contribution in [3.05, 3.63) is 149 Å². The molecular formula is C63H76BN3. The van der Waals surface area contributed by atoms with Gasteiger partial charge in [0.1, 0.15) is 0 Å². The quantitative estimate of drug-likeness (QED) is 0.164. The zero-order chi connectivity index (χ0) is 48.0. The Hall–Kier alpha value is -5.22. The molecule has 1 aliphatic carbocycles. The molecule has 0 radical (unpaired) electrons. The Balaban J connectivity index is 1.30. The van der Waals surface area contributed by atoms with Gasteiger partial charge >= 0.3 is 0 Å². The van der Waals surface area contributed by atoms with Crippen molar-refractivity contribution in [3.8, 4) is 0 Å². The highest BCUT2D eigenvalue weighted by molar-refractivity contribution is 7.00. The summed E-state index contributed by atoms with van der Waals surface area (Å²) in [4.78, 5) is 8.05. The lowest BCUT2D eigenvalue weighted by atomic mass is 9.33. The first-order valence-corrected chi connectivity index (χ1v) is 25.4. The monoisotopic (exact) mass is 886 g/mol. The number of nitrogens with zero attached hydrogens (tertiary/aromatic N) is 3. The van der Waals surface area contributed by atoms with E-state index in [9.17, 15) is 0 Å². The molecule has 346 valence electrons. The Bertz CT molecular complexity index is 2910. The highest BCUT2D eigenvalue weighted by atomic mass is 15.2. The Morgan fingerprint density at radius 3 is 1.46 bits per heavy atom. The van der Waals surface area contributed by atoms with E-state index in [1.807, 2.05) is 0 Å². The van der Waals surface area contributed by atoms with Crippen molar-refractivity contribution < 1.29 is 0 Å². The zero-order valence-electron chi connectivity index (χ0n) is 43.8. The molecular weight excluding hydrogens is 810 g/mol. The van der Waals surface area contributed by atoms with Crippen molar-refractivity contribution in [2.24, 2.45) is 5.41 Å². The van der Waals surface area contributed by atoms with Crippen molar-refractivity contribution in [2.45, 2.75) is 169 Å². The van der Waals surface area contributed by atoms with Crippen LogP contribution in [-0.4, -0.2) is 12.3 Å². The number of anilines is 8. The maximum atomic E-state index is 2.80. The van der Waals surface area contributed by atoms with Crippen LogP contribution in [0.15, 0.2) is 121 Å². The first kappa shape index (κ1) is 45.6. The van der Waals surface area contributed by atoms with Crippen molar-refractivity contribution in [3.63, 3.8) is 0 Å². The van der Waals surface area contributed by atoms with Gasteiger partial charge in [0.2, 0.25) is 0 Å². The second kappa shape index (κ2) is 14.9. The first-order chi connectivity index (χ1) is 31.3. The summed E-state index contributed by atoms with van der Waals surface area (Å²) in [6.07, 6.45) is 4.90. The third kappa shape index (κ3) is 6.88. The lowest BCUT2D eigenvalue weighted by Gasteiger charge is -2.66. The van der Waals surface area contributed by atoms with Crippen LogP contribution in [0.2, 0.25) is 0 Å². The van der Waals surface area contributed by atoms with Crippen LogP contribution in [0.5, 0.6) is 0 Å². The summed E-state index contributed by atoms with van der Waals surface area (Å²) in [6.45, 7) is 38.4. The normalized spacial score (nSPS) is 21.0. The fourth-order valence-corrected chi connectivity index (χ4v) is 12.8. The van der Waals surface area contributed by atoms with E-state index in [0.717, 1.165) is 6.42 Å². The maximum absolute atomic E-state index is 2.80. The van der Waals surface area contributed by atoms with Crippen LogP contribution < -0.4 is 31.1 Å². The lowest BCUT2D eigenvalue weighted by Crippen LogP contribution is -2.67. The molecule has 2 unspecified atom stereocenters. The third-order valence-electron chi connectivity index (χ3n) is 17.5. The SMILES string of the molecule is CC(C)(C)c1ccc(N2c3ccc(C(C)(C)C)cc3B3c4ccc(N5c6ccccc6C(C)(C)C6(C)CCCCC56C)cc4N(c4ccc(C(C)(C)C)cc4)c4cc(C(C)(C)C)cc2c43)cc1. The number of hydrogen-bond donors (Lipinski definition) is 0. The average molecular weight is 886 g/mol. The fourth-order valence-electron chi connectivity index (χ4n) is 12.8. The minimum atomic E-state index is -0.104. The van der Waals surface area contributed by atoms with Gasteiger partial charge in [-0.25, -0.2) is 0 Å². The number of hydrogen-bond acceptors (Lipinski definition) is 3. The van der Waals surface area contributed by atoms with Crippen LogP contribution in [0.1, 0.15) is 164 Å². The predicted molar refractivity (Wildman–Crippen MR) is 292 cm³/mol. The molecule has 0 aromatic heterocycles. The standard InChI is InChI=1S/C63H76BN3/c1-57(2,3)41-23-28-45(29-24-41)65-52-34-27-43(59(7,8)9)37-50(52)64-49-33-32-47(67-51-22-18-17-21-48(51)61(13,14)62(15)35-19-20-36-63(62,67)16)40-53(49)66(46-30-25-42(26-31-46)58(4,5)6)55-39-44(60(10,11)12)38-54(65)56(55)64/h17-18,21-34,37-40H,19-20,35-36H2,1-16H3. The molecule has 0 saturated heterocycles. The van der Waals surface area contributed by atoms with E-state index >= 15 is 0 Å². The summed E-state index contributed by atoms with van der Waals surface area (Å²) in [5.74, 6) is 0. The first-order valence-electron chi connectivity index (χ1n) is 25.4. The highest BCUT2D eigenvalue weighted by Crippen LogP contribution is 2.65. The average Bonchev–Trinajstić information content (AvgIpc) is 3.25. The molecule has 6 aromatic carbocycles. The number of rotatable bonds is 3. The molecule has 3 heterocycles. The van der Waals surface area contributed by atoms with Gasteiger partial charge in [-0.3, -0.25) is 0 Å². The third-order valence-corrected chi connectivity index (χ3v) is 17.5. The van der Waals surface area contributed by atoms with Crippen LogP contribution in [0.3, 0.4) is 0 Å². The second-order valence-corrected chi connectivity index (χ2v) is 25.9. The van der Waals surface area contributed by atoms with E-state index < -0.39 is 0 Å². The molecule has 3 aliphatic heterocycles. The summed E-state index contributed by atoms with van der Waals surface area (Å²) < 4.78 is 0. The molecule has 6 aromatic rings. The van der Waals surface area contributed by atoms with Crippen LogP contribution in [0, 0.1) is 5.41 Å². The minimum absolute atomic E-state index is 0.0124. The molecule has 0 bridgehead atoms. The fraction of sp³-hybridized carbons (Fsp3) is 0.429. The molecule has 4 heteroatoms. The van der Waals surface area contributed by atoms with Gasteiger partial charge in [-0.05, 0) is 152 Å². The molecule has 10 rings (SSSR count). The molecule has 3 nitrogen and oxygen atoms in total. The smallest absolute Gasteiger partial charge is 0.252 e. The van der Waals surface area contributed by atoms with Crippen molar-refractivity contribution in [2.75, 3.05) is 14.7 Å². The summed E-state index contributed by atoms with van der Waals surface area (Å²) in [5, 5.41) is 0. The topological polar surface area (TPSA) is 9.72 Å². The Kier molecular flexibility index (Phi) is 10.1. The van der Waals surface area contributed by atoms with Crippen LogP contribution in [0.4, 0.5) is 45.5 Å². The molecule has 0 amide bonds. The molecule has 67 heavy (non-hydrogen) atoms. The minimum Gasteiger partial charge on any atom is -0.335 e.